The first kappa shape index (κ1) is 17.0. The van der Waals surface area contributed by atoms with Gasteiger partial charge in [-0.3, -0.25) is 4.79 Å². The molecule has 118 valence electrons. The summed E-state index contributed by atoms with van der Waals surface area (Å²) in [7, 11) is 0. The van der Waals surface area contributed by atoms with Crippen LogP contribution in [-0.4, -0.2) is 28.5 Å². The number of nitrogen functional groups attached to an aromatic ring is 1. The van der Waals surface area contributed by atoms with Gasteiger partial charge in [-0.1, -0.05) is 13.8 Å². The third-order valence-electron chi connectivity index (χ3n) is 2.48. The largest absolute Gasteiger partial charge is 0.433 e. The molecule has 0 fully saturated rings. The van der Waals surface area contributed by atoms with E-state index in [1.807, 2.05) is 13.8 Å². The minimum absolute atomic E-state index is 0.151. The fourth-order valence-corrected chi connectivity index (χ4v) is 1.43. The number of carbonyl (C=O) groups is 1. The lowest BCUT2D eigenvalue weighted by atomic mass is 10.2. The van der Waals surface area contributed by atoms with Gasteiger partial charge in [0.15, 0.2) is 5.69 Å². The van der Waals surface area contributed by atoms with Crippen LogP contribution in [0.25, 0.3) is 0 Å². The van der Waals surface area contributed by atoms with E-state index in [1.165, 1.54) is 6.92 Å². The number of hydrogen-bond acceptors (Lipinski definition) is 5. The highest BCUT2D eigenvalue weighted by Gasteiger charge is 2.33. The number of hydrogen-bond donors (Lipinski definition) is 3. The number of amides is 1. The molecule has 0 aliphatic heterocycles. The Hall–Kier alpha value is -2.06. The van der Waals surface area contributed by atoms with Crippen molar-refractivity contribution in [1.29, 1.82) is 0 Å². The fraction of sp³-hybridized carbons (Fsp3) is 0.583. The quantitative estimate of drug-likeness (QED) is 0.769. The molecule has 1 amide bonds. The number of nitrogens with zero attached hydrogens (tertiary/aromatic N) is 2. The Balaban J connectivity index is 2.78. The van der Waals surface area contributed by atoms with Crippen LogP contribution in [0.5, 0.6) is 0 Å². The van der Waals surface area contributed by atoms with Crippen molar-refractivity contribution in [3.05, 3.63) is 11.8 Å². The van der Waals surface area contributed by atoms with E-state index in [-0.39, 0.29) is 17.6 Å². The lowest BCUT2D eigenvalue weighted by molar-refractivity contribution is -0.141. The van der Waals surface area contributed by atoms with E-state index in [0.717, 1.165) is 0 Å². The molecule has 0 aliphatic carbocycles. The highest BCUT2D eigenvalue weighted by molar-refractivity contribution is 5.83. The molecule has 0 saturated carbocycles. The van der Waals surface area contributed by atoms with Crippen LogP contribution in [0.1, 0.15) is 26.5 Å². The highest BCUT2D eigenvalue weighted by Crippen LogP contribution is 2.29. The van der Waals surface area contributed by atoms with Gasteiger partial charge in [-0.2, -0.15) is 18.2 Å². The molecule has 0 spiro atoms. The summed E-state index contributed by atoms with van der Waals surface area (Å²) in [6, 6.07) is -0.0399. The summed E-state index contributed by atoms with van der Waals surface area (Å²) in [5.41, 5.74) is 4.08. The summed E-state index contributed by atoms with van der Waals surface area (Å²) in [6.07, 6.45) is -4.63. The Bertz CT molecular complexity index is 504. The maximum Gasteiger partial charge on any atom is 0.433 e. The molecule has 4 N–H and O–H groups in total. The Morgan fingerprint density at radius 3 is 2.48 bits per heavy atom. The van der Waals surface area contributed by atoms with E-state index in [4.69, 9.17) is 5.73 Å². The first-order valence-corrected chi connectivity index (χ1v) is 6.35. The van der Waals surface area contributed by atoms with Gasteiger partial charge in [0.25, 0.3) is 0 Å². The Morgan fingerprint density at radius 1 is 1.33 bits per heavy atom. The van der Waals surface area contributed by atoms with E-state index in [9.17, 15) is 18.0 Å². The van der Waals surface area contributed by atoms with Crippen molar-refractivity contribution in [2.45, 2.75) is 33.0 Å². The van der Waals surface area contributed by atoms with Gasteiger partial charge in [-0.25, -0.2) is 4.98 Å². The van der Waals surface area contributed by atoms with Gasteiger partial charge in [-0.15, -0.1) is 0 Å². The molecular weight excluding hydrogens is 287 g/mol. The number of alkyl halides is 3. The number of halogens is 3. The van der Waals surface area contributed by atoms with Crippen LogP contribution in [-0.2, 0) is 11.0 Å². The fourth-order valence-electron chi connectivity index (χ4n) is 1.43. The standard InChI is InChI=1S/C12H18F3N5O/c1-6(2)5-17-10(21)7(3)18-9-4-8(12(13,14)15)19-11(16)20-9/h4,6-7H,5H2,1-3H3,(H,17,21)(H3,16,18,19,20). The van der Waals surface area contributed by atoms with Crippen LogP contribution in [0.4, 0.5) is 24.9 Å². The van der Waals surface area contributed by atoms with Crippen LogP contribution in [0.2, 0.25) is 0 Å². The molecule has 9 heteroatoms. The van der Waals surface area contributed by atoms with Gasteiger partial charge in [-0.05, 0) is 12.8 Å². The number of rotatable bonds is 5. The average Bonchev–Trinajstić information content (AvgIpc) is 2.33. The molecule has 0 aliphatic rings. The predicted molar refractivity (Wildman–Crippen MR) is 72.4 cm³/mol. The lowest BCUT2D eigenvalue weighted by Crippen LogP contribution is -2.39. The van der Waals surface area contributed by atoms with Gasteiger partial charge >= 0.3 is 6.18 Å². The van der Waals surface area contributed by atoms with E-state index in [2.05, 4.69) is 20.6 Å². The monoisotopic (exact) mass is 305 g/mol. The molecule has 1 unspecified atom stereocenters. The van der Waals surface area contributed by atoms with Crippen molar-refractivity contribution in [2.24, 2.45) is 5.92 Å². The van der Waals surface area contributed by atoms with Gasteiger partial charge in [0.2, 0.25) is 11.9 Å². The number of carbonyl (C=O) groups excluding carboxylic acids is 1. The zero-order valence-corrected chi connectivity index (χ0v) is 12.0. The maximum atomic E-state index is 12.6. The van der Waals surface area contributed by atoms with Crippen molar-refractivity contribution in [1.82, 2.24) is 15.3 Å². The smallest absolute Gasteiger partial charge is 0.368 e. The summed E-state index contributed by atoms with van der Waals surface area (Å²) in [6.45, 7) is 5.85. The zero-order chi connectivity index (χ0) is 16.2. The topological polar surface area (TPSA) is 92.9 Å². The highest BCUT2D eigenvalue weighted by atomic mass is 19.4. The van der Waals surface area contributed by atoms with E-state index >= 15 is 0 Å². The van der Waals surface area contributed by atoms with Gasteiger partial charge in [0.1, 0.15) is 11.9 Å². The summed E-state index contributed by atoms with van der Waals surface area (Å²) in [4.78, 5) is 18.5. The van der Waals surface area contributed by atoms with Crippen molar-refractivity contribution in [3.8, 4) is 0 Å². The van der Waals surface area contributed by atoms with E-state index in [1.54, 1.807) is 0 Å². The summed E-state index contributed by atoms with van der Waals surface area (Å²) < 4.78 is 37.8. The van der Waals surface area contributed by atoms with Gasteiger partial charge in [0, 0.05) is 12.6 Å². The van der Waals surface area contributed by atoms with E-state index < -0.39 is 23.9 Å². The molecule has 0 aromatic carbocycles. The summed E-state index contributed by atoms with van der Waals surface area (Å²) in [5, 5.41) is 5.24. The van der Waals surface area contributed by atoms with Crippen LogP contribution in [0.3, 0.4) is 0 Å². The molecule has 0 bridgehead atoms. The van der Waals surface area contributed by atoms with Crippen LogP contribution in [0.15, 0.2) is 6.07 Å². The molecule has 0 saturated heterocycles. The third kappa shape index (κ3) is 5.44. The second-order valence-corrected chi connectivity index (χ2v) is 5.00. The van der Waals surface area contributed by atoms with Crippen LogP contribution in [0, 0.1) is 5.92 Å². The lowest BCUT2D eigenvalue weighted by Gasteiger charge is -2.16. The van der Waals surface area contributed by atoms with Crippen molar-refractivity contribution in [3.63, 3.8) is 0 Å². The molecule has 6 nitrogen and oxygen atoms in total. The minimum atomic E-state index is -4.63. The normalized spacial score (nSPS) is 13.1. The second kappa shape index (κ2) is 6.59. The predicted octanol–water partition coefficient (Wildman–Crippen LogP) is 1.65. The maximum absolute atomic E-state index is 12.6. The average molecular weight is 305 g/mol. The Kier molecular flexibility index (Phi) is 5.34. The number of nitrogens with two attached hydrogens (primary N) is 1. The molecule has 21 heavy (non-hydrogen) atoms. The minimum Gasteiger partial charge on any atom is -0.368 e. The number of nitrogens with one attached hydrogen (secondary N) is 2. The van der Waals surface area contributed by atoms with Crippen molar-refractivity contribution < 1.29 is 18.0 Å². The zero-order valence-electron chi connectivity index (χ0n) is 12.0. The SMILES string of the molecule is CC(C)CNC(=O)C(C)Nc1cc(C(F)(F)F)nc(N)n1. The van der Waals surface area contributed by atoms with Gasteiger partial charge in [0.05, 0.1) is 0 Å². The molecule has 1 atom stereocenters. The Morgan fingerprint density at radius 2 is 1.95 bits per heavy atom. The summed E-state index contributed by atoms with van der Waals surface area (Å²) >= 11 is 0. The van der Waals surface area contributed by atoms with Crippen LogP contribution < -0.4 is 16.4 Å². The molecular formula is C12H18F3N5O. The Labute approximate surface area is 120 Å². The van der Waals surface area contributed by atoms with E-state index in [0.29, 0.717) is 12.6 Å². The number of anilines is 2. The molecule has 0 radical (unpaired) electrons. The first-order chi connectivity index (χ1) is 9.59. The molecule has 1 aromatic heterocycles. The molecule has 1 aromatic rings. The van der Waals surface area contributed by atoms with Crippen molar-refractivity contribution >= 4 is 17.7 Å². The third-order valence-corrected chi connectivity index (χ3v) is 2.48. The molecule has 1 heterocycles. The van der Waals surface area contributed by atoms with Gasteiger partial charge < -0.3 is 16.4 Å². The molecule has 1 rings (SSSR count). The van der Waals surface area contributed by atoms with Crippen molar-refractivity contribution in [2.75, 3.05) is 17.6 Å². The number of aromatic nitrogens is 2. The summed E-state index contributed by atoms with van der Waals surface area (Å²) in [5.74, 6) is -0.730. The van der Waals surface area contributed by atoms with Crippen LogP contribution >= 0.6 is 0 Å². The first-order valence-electron chi connectivity index (χ1n) is 6.35. The second-order valence-electron chi connectivity index (χ2n) is 5.00.